The summed E-state index contributed by atoms with van der Waals surface area (Å²) in [6.07, 6.45) is 4.70. The molecule has 0 spiro atoms. The molecule has 124 valence electrons. The molecule has 2 N–H and O–H groups in total. The SMILES string of the molecule is CCCc1ccc(C(C)Cc2cccc(CCC)c2O)c(O)c1. The fourth-order valence-electron chi connectivity index (χ4n) is 3.17. The lowest BCUT2D eigenvalue weighted by Gasteiger charge is -2.16. The minimum absolute atomic E-state index is 0.161. The van der Waals surface area contributed by atoms with E-state index in [1.54, 1.807) is 0 Å². The highest BCUT2D eigenvalue weighted by atomic mass is 16.3. The van der Waals surface area contributed by atoms with Gasteiger partial charge in [0.05, 0.1) is 0 Å². The molecule has 0 aliphatic heterocycles. The zero-order valence-corrected chi connectivity index (χ0v) is 14.5. The number of aromatic hydroxyl groups is 2. The van der Waals surface area contributed by atoms with Crippen LogP contribution >= 0.6 is 0 Å². The quantitative estimate of drug-likeness (QED) is 0.723. The van der Waals surface area contributed by atoms with E-state index >= 15 is 0 Å². The number of phenolic OH excluding ortho intramolecular Hbond substituents is 2. The van der Waals surface area contributed by atoms with Crippen molar-refractivity contribution in [2.45, 2.75) is 58.8 Å². The van der Waals surface area contributed by atoms with Crippen molar-refractivity contribution in [2.75, 3.05) is 0 Å². The van der Waals surface area contributed by atoms with Crippen molar-refractivity contribution in [1.82, 2.24) is 0 Å². The summed E-state index contributed by atoms with van der Waals surface area (Å²) in [5, 5.41) is 20.7. The molecule has 2 heteroatoms. The van der Waals surface area contributed by atoms with Crippen LogP contribution in [0.2, 0.25) is 0 Å². The third-order valence-electron chi connectivity index (χ3n) is 4.41. The zero-order valence-electron chi connectivity index (χ0n) is 14.5. The Labute approximate surface area is 139 Å². The molecule has 1 unspecified atom stereocenters. The van der Waals surface area contributed by atoms with Crippen LogP contribution in [0.4, 0.5) is 0 Å². The monoisotopic (exact) mass is 312 g/mol. The number of hydrogen-bond donors (Lipinski definition) is 2. The lowest BCUT2D eigenvalue weighted by atomic mass is 9.90. The standard InChI is InChI=1S/C21H28O2/c1-4-7-16-11-12-19(20(22)14-16)15(3)13-18-10-6-9-17(8-5-2)21(18)23/h6,9-12,14-15,22-23H,4-5,7-8,13H2,1-3H3. The number of para-hydroxylation sites is 1. The average Bonchev–Trinajstić information content (AvgIpc) is 2.52. The second-order valence-corrected chi connectivity index (χ2v) is 6.42. The lowest BCUT2D eigenvalue weighted by molar-refractivity contribution is 0.451. The van der Waals surface area contributed by atoms with E-state index < -0.39 is 0 Å². The van der Waals surface area contributed by atoms with Crippen LogP contribution in [0.3, 0.4) is 0 Å². The second-order valence-electron chi connectivity index (χ2n) is 6.42. The Bertz CT molecular complexity index is 646. The van der Waals surface area contributed by atoms with Crippen LogP contribution in [0.15, 0.2) is 36.4 Å². The van der Waals surface area contributed by atoms with Crippen molar-refractivity contribution in [3.05, 3.63) is 58.7 Å². The van der Waals surface area contributed by atoms with Gasteiger partial charge in [0.1, 0.15) is 11.5 Å². The first-order valence-corrected chi connectivity index (χ1v) is 8.68. The largest absolute Gasteiger partial charge is 0.508 e. The van der Waals surface area contributed by atoms with E-state index in [9.17, 15) is 10.2 Å². The molecule has 0 heterocycles. The Morgan fingerprint density at radius 1 is 0.913 bits per heavy atom. The molecule has 2 nitrogen and oxygen atoms in total. The van der Waals surface area contributed by atoms with Gasteiger partial charge in [-0.25, -0.2) is 0 Å². The topological polar surface area (TPSA) is 40.5 Å². The smallest absolute Gasteiger partial charge is 0.121 e. The van der Waals surface area contributed by atoms with Gasteiger partial charge in [0.2, 0.25) is 0 Å². The summed E-state index contributed by atoms with van der Waals surface area (Å²) in [6.45, 7) is 6.35. The molecule has 0 saturated heterocycles. The summed E-state index contributed by atoms with van der Waals surface area (Å²) in [5.74, 6) is 0.949. The van der Waals surface area contributed by atoms with Gasteiger partial charge in [0.15, 0.2) is 0 Å². The van der Waals surface area contributed by atoms with Crippen molar-refractivity contribution in [3.63, 3.8) is 0 Å². The van der Waals surface area contributed by atoms with Crippen molar-refractivity contribution in [1.29, 1.82) is 0 Å². The molecule has 23 heavy (non-hydrogen) atoms. The van der Waals surface area contributed by atoms with Crippen LogP contribution in [0.1, 0.15) is 61.8 Å². The molecule has 1 atom stereocenters. The van der Waals surface area contributed by atoms with E-state index in [1.807, 2.05) is 30.3 Å². The molecule has 0 saturated carbocycles. The molecular formula is C21H28O2. The maximum absolute atomic E-state index is 10.4. The number of aryl methyl sites for hydroxylation is 2. The van der Waals surface area contributed by atoms with Crippen molar-refractivity contribution in [3.8, 4) is 11.5 Å². The number of hydrogen-bond acceptors (Lipinski definition) is 2. The summed E-state index contributed by atoms with van der Waals surface area (Å²) >= 11 is 0. The summed E-state index contributed by atoms with van der Waals surface area (Å²) in [4.78, 5) is 0. The van der Waals surface area contributed by atoms with Gasteiger partial charge in [0.25, 0.3) is 0 Å². The number of rotatable bonds is 7. The van der Waals surface area contributed by atoms with Gasteiger partial charge in [-0.15, -0.1) is 0 Å². The maximum atomic E-state index is 10.4. The first-order valence-electron chi connectivity index (χ1n) is 8.68. The molecule has 0 fully saturated rings. The highest BCUT2D eigenvalue weighted by Crippen LogP contribution is 2.33. The predicted molar refractivity (Wildman–Crippen MR) is 96.3 cm³/mol. The van der Waals surface area contributed by atoms with Crippen molar-refractivity contribution < 1.29 is 10.2 Å². The maximum Gasteiger partial charge on any atom is 0.121 e. The summed E-state index contributed by atoms with van der Waals surface area (Å²) in [7, 11) is 0. The zero-order chi connectivity index (χ0) is 16.8. The minimum Gasteiger partial charge on any atom is -0.508 e. The molecule has 0 radical (unpaired) electrons. The molecule has 2 aromatic rings. The van der Waals surface area contributed by atoms with E-state index in [0.717, 1.165) is 48.8 Å². The van der Waals surface area contributed by atoms with Crippen LogP contribution in [0, 0.1) is 0 Å². The lowest BCUT2D eigenvalue weighted by Crippen LogP contribution is -2.01. The molecule has 0 aromatic heterocycles. The molecule has 0 bridgehead atoms. The summed E-state index contributed by atoms with van der Waals surface area (Å²) < 4.78 is 0. The average molecular weight is 312 g/mol. The molecule has 2 rings (SSSR count). The summed E-state index contributed by atoms with van der Waals surface area (Å²) in [5.41, 5.74) is 4.10. The van der Waals surface area contributed by atoms with Gasteiger partial charge in [-0.1, -0.05) is 63.9 Å². The predicted octanol–water partition coefficient (Wildman–Crippen LogP) is 5.35. The van der Waals surface area contributed by atoms with E-state index in [0.29, 0.717) is 11.5 Å². The first-order chi connectivity index (χ1) is 11.1. The van der Waals surface area contributed by atoms with Gasteiger partial charge in [-0.2, -0.15) is 0 Å². The third kappa shape index (κ3) is 4.28. The van der Waals surface area contributed by atoms with Gasteiger partial charge in [-0.3, -0.25) is 0 Å². The van der Waals surface area contributed by atoms with E-state index in [2.05, 4.69) is 26.8 Å². The molecular weight excluding hydrogens is 284 g/mol. The highest BCUT2D eigenvalue weighted by molar-refractivity contribution is 5.44. The Kier molecular flexibility index (Phi) is 6.09. The van der Waals surface area contributed by atoms with Crippen molar-refractivity contribution >= 4 is 0 Å². The van der Waals surface area contributed by atoms with Gasteiger partial charge in [-0.05, 0) is 53.5 Å². The first kappa shape index (κ1) is 17.4. The second kappa shape index (κ2) is 8.05. The fraction of sp³-hybridized carbons (Fsp3) is 0.429. The number of benzene rings is 2. The Morgan fingerprint density at radius 3 is 2.26 bits per heavy atom. The number of phenols is 2. The Balaban J connectivity index is 2.19. The highest BCUT2D eigenvalue weighted by Gasteiger charge is 2.15. The van der Waals surface area contributed by atoms with Crippen LogP contribution < -0.4 is 0 Å². The Morgan fingerprint density at radius 2 is 1.61 bits per heavy atom. The van der Waals surface area contributed by atoms with Gasteiger partial charge in [0, 0.05) is 0 Å². The van der Waals surface area contributed by atoms with Crippen LogP contribution in [-0.2, 0) is 19.3 Å². The Hall–Kier alpha value is -1.96. The third-order valence-corrected chi connectivity index (χ3v) is 4.41. The molecule has 0 aliphatic rings. The van der Waals surface area contributed by atoms with E-state index in [1.165, 1.54) is 5.56 Å². The molecule has 0 amide bonds. The summed E-state index contributed by atoms with van der Waals surface area (Å²) in [6, 6.07) is 12.0. The van der Waals surface area contributed by atoms with Crippen molar-refractivity contribution in [2.24, 2.45) is 0 Å². The minimum atomic E-state index is 0.161. The van der Waals surface area contributed by atoms with Gasteiger partial charge >= 0.3 is 0 Å². The molecule has 0 aliphatic carbocycles. The van der Waals surface area contributed by atoms with E-state index in [-0.39, 0.29) is 5.92 Å². The van der Waals surface area contributed by atoms with E-state index in [4.69, 9.17) is 0 Å². The van der Waals surface area contributed by atoms with Crippen LogP contribution in [-0.4, -0.2) is 10.2 Å². The normalized spacial score (nSPS) is 12.3. The molecule has 2 aromatic carbocycles. The van der Waals surface area contributed by atoms with Crippen LogP contribution in [0.5, 0.6) is 11.5 Å². The van der Waals surface area contributed by atoms with Crippen LogP contribution in [0.25, 0.3) is 0 Å². The fourth-order valence-corrected chi connectivity index (χ4v) is 3.17. The van der Waals surface area contributed by atoms with Gasteiger partial charge < -0.3 is 10.2 Å².